The number of carboxylic acid groups (broad SMARTS) is 1. The van der Waals surface area contributed by atoms with Crippen molar-refractivity contribution in [1.82, 2.24) is 4.37 Å². The molecule has 0 aliphatic rings. The minimum absolute atomic E-state index is 0.149. The number of carboxylic acids is 1. The molecular formula is C8H5NO2S. The second-order valence-electron chi connectivity index (χ2n) is 2.33. The lowest BCUT2D eigenvalue weighted by Gasteiger charge is -1.87. The molecule has 60 valence electrons. The summed E-state index contributed by atoms with van der Waals surface area (Å²) in [7, 11) is 0. The number of fused-ring (bicyclic) bond motifs is 1. The molecule has 1 aromatic carbocycles. The van der Waals surface area contributed by atoms with E-state index in [-0.39, 0.29) is 5.69 Å². The summed E-state index contributed by atoms with van der Waals surface area (Å²) < 4.78 is 4.75. The molecule has 0 aliphatic carbocycles. The largest absolute Gasteiger partial charge is 0.476 e. The molecule has 0 fully saturated rings. The smallest absolute Gasteiger partial charge is 0.356 e. The van der Waals surface area contributed by atoms with Gasteiger partial charge in [-0.25, -0.2) is 4.79 Å². The van der Waals surface area contributed by atoms with Gasteiger partial charge in [0.1, 0.15) is 0 Å². The molecule has 1 aromatic heterocycles. The van der Waals surface area contributed by atoms with Crippen LogP contribution in [0.1, 0.15) is 10.5 Å². The third-order valence-electron chi connectivity index (χ3n) is 1.58. The van der Waals surface area contributed by atoms with E-state index in [0.717, 1.165) is 10.1 Å². The zero-order valence-corrected chi connectivity index (χ0v) is 6.84. The average molecular weight is 179 g/mol. The third-order valence-corrected chi connectivity index (χ3v) is 2.41. The van der Waals surface area contributed by atoms with Gasteiger partial charge in [0, 0.05) is 5.39 Å². The number of carbonyl (C=O) groups is 1. The summed E-state index contributed by atoms with van der Waals surface area (Å²) in [5, 5.41) is 9.43. The van der Waals surface area contributed by atoms with Crippen molar-refractivity contribution in [1.29, 1.82) is 0 Å². The molecule has 3 nitrogen and oxygen atoms in total. The molecule has 0 bridgehead atoms. The van der Waals surface area contributed by atoms with Crippen molar-refractivity contribution in [3.8, 4) is 0 Å². The standard InChI is InChI=1S/C8H5NO2S/c10-8(11)7-5-3-1-2-4-6(5)12-9-7/h1-4H,(H,10,11). The molecule has 0 saturated carbocycles. The summed E-state index contributed by atoms with van der Waals surface area (Å²) in [6.45, 7) is 0. The Kier molecular flexibility index (Phi) is 1.55. The maximum absolute atomic E-state index is 10.6. The van der Waals surface area contributed by atoms with E-state index in [2.05, 4.69) is 4.37 Å². The number of hydrogen-bond donors (Lipinski definition) is 1. The van der Waals surface area contributed by atoms with Crippen LogP contribution in [-0.2, 0) is 0 Å². The lowest BCUT2D eigenvalue weighted by Crippen LogP contribution is -1.95. The van der Waals surface area contributed by atoms with Gasteiger partial charge in [-0.3, -0.25) is 0 Å². The summed E-state index contributed by atoms with van der Waals surface area (Å²) in [4.78, 5) is 10.6. The molecule has 0 spiro atoms. The van der Waals surface area contributed by atoms with Crippen molar-refractivity contribution in [2.24, 2.45) is 0 Å². The van der Waals surface area contributed by atoms with E-state index < -0.39 is 5.97 Å². The fourth-order valence-corrected chi connectivity index (χ4v) is 1.81. The predicted octanol–water partition coefficient (Wildman–Crippen LogP) is 1.99. The molecule has 2 aromatic rings. The highest BCUT2D eigenvalue weighted by Gasteiger charge is 2.11. The molecule has 0 saturated heterocycles. The highest BCUT2D eigenvalue weighted by Crippen LogP contribution is 2.21. The van der Waals surface area contributed by atoms with Crippen LogP contribution in [0.3, 0.4) is 0 Å². The van der Waals surface area contributed by atoms with Crippen LogP contribution in [0.2, 0.25) is 0 Å². The van der Waals surface area contributed by atoms with E-state index >= 15 is 0 Å². The molecule has 4 heteroatoms. The quantitative estimate of drug-likeness (QED) is 0.728. The van der Waals surface area contributed by atoms with Gasteiger partial charge in [0.25, 0.3) is 0 Å². The molecule has 1 heterocycles. The summed E-state index contributed by atoms with van der Waals surface area (Å²) >= 11 is 1.21. The van der Waals surface area contributed by atoms with E-state index in [1.807, 2.05) is 18.2 Å². The van der Waals surface area contributed by atoms with Crippen molar-refractivity contribution in [2.75, 3.05) is 0 Å². The minimum atomic E-state index is -0.965. The van der Waals surface area contributed by atoms with Crippen LogP contribution in [-0.4, -0.2) is 15.4 Å². The fourth-order valence-electron chi connectivity index (χ4n) is 1.04. The Morgan fingerprint density at radius 3 is 2.92 bits per heavy atom. The van der Waals surface area contributed by atoms with Gasteiger partial charge in [0.15, 0.2) is 5.69 Å². The molecular weight excluding hydrogens is 174 g/mol. The number of benzene rings is 1. The lowest BCUT2D eigenvalue weighted by molar-refractivity contribution is 0.0694. The highest BCUT2D eigenvalue weighted by molar-refractivity contribution is 7.13. The number of nitrogens with zero attached hydrogens (tertiary/aromatic N) is 1. The first kappa shape index (κ1) is 7.24. The molecule has 0 radical (unpaired) electrons. The molecule has 1 N–H and O–H groups in total. The number of hydrogen-bond acceptors (Lipinski definition) is 3. The van der Waals surface area contributed by atoms with Crippen LogP contribution in [0.25, 0.3) is 10.1 Å². The summed E-state index contributed by atoms with van der Waals surface area (Å²) in [6, 6.07) is 7.30. The van der Waals surface area contributed by atoms with Crippen LogP contribution in [0.5, 0.6) is 0 Å². The Labute approximate surface area is 72.4 Å². The van der Waals surface area contributed by atoms with Crippen LogP contribution in [0.15, 0.2) is 24.3 Å². The Morgan fingerprint density at radius 2 is 2.17 bits per heavy atom. The zero-order valence-electron chi connectivity index (χ0n) is 6.02. The average Bonchev–Trinajstić information content (AvgIpc) is 2.47. The van der Waals surface area contributed by atoms with Gasteiger partial charge in [-0.2, -0.15) is 4.37 Å². The highest BCUT2D eigenvalue weighted by atomic mass is 32.1. The van der Waals surface area contributed by atoms with E-state index in [9.17, 15) is 4.79 Å². The maximum atomic E-state index is 10.6. The summed E-state index contributed by atoms with van der Waals surface area (Å²) in [5.41, 5.74) is 0.149. The van der Waals surface area contributed by atoms with Crippen LogP contribution >= 0.6 is 11.5 Å². The lowest BCUT2D eigenvalue weighted by atomic mass is 10.2. The van der Waals surface area contributed by atoms with Crippen molar-refractivity contribution in [2.45, 2.75) is 0 Å². The first-order chi connectivity index (χ1) is 5.79. The Hall–Kier alpha value is -1.42. The van der Waals surface area contributed by atoms with Crippen molar-refractivity contribution in [3.63, 3.8) is 0 Å². The van der Waals surface area contributed by atoms with E-state index in [4.69, 9.17) is 5.11 Å². The topological polar surface area (TPSA) is 50.2 Å². The van der Waals surface area contributed by atoms with Crippen LogP contribution < -0.4 is 0 Å². The molecule has 0 amide bonds. The normalized spacial score (nSPS) is 10.3. The molecule has 0 atom stereocenters. The van der Waals surface area contributed by atoms with Gasteiger partial charge in [-0.1, -0.05) is 18.2 Å². The second kappa shape index (κ2) is 2.57. The predicted molar refractivity (Wildman–Crippen MR) is 46.6 cm³/mol. The Morgan fingerprint density at radius 1 is 1.42 bits per heavy atom. The van der Waals surface area contributed by atoms with Crippen LogP contribution in [0, 0.1) is 0 Å². The van der Waals surface area contributed by atoms with Crippen LogP contribution in [0.4, 0.5) is 0 Å². The van der Waals surface area contributed by atoms with Gasteiger partial charge < -0.3 is 5.11 Å². The van der Waals surface area contributed by atoms with Crippen molar-refractivity contribution >= 4 is 27.6 Å². The van der Waals surface area contributed by atoms with Crippen molar-refractivity contribution in [3.05, 3.63) is 30.0 Å². The number of aromatic nitrogens is 1. The van der Waals surface area contributed by atoms with E-state index in [0.29, 0.717) is 0 Å². The molecule has 0 unspecified atom stereocenters. The Bertz CT molecular complexity index is 435. The number of aromatic carboxylic acids is 1. The van der Waals surface area contributed by atoms with Gasteiger partial charge in [0.05, 0.1) is 4.70 Å². The first-order valence-electron chi connectivity index (χ1n) is 3.37. The minimum Gasteiger partial charge on any atom is -0.476 e. The molecule has 12 heavy (non-hydrogen) atoms. The Balaban J connectivity index is 2.79. The molecule has 0 aliphatic heterocycles. The summed E-state index contributed by atoms with van der Waals surface area (Å²) in [6.07, 6.45) is 0. The number of rotatable bonds is 1. The zero-order chi connectivity index (χ0) is 8.55. The third kappa shape index (κ3) is 0.967. The maximum Gasteiger partial charge on any atom is 0.356 e. The van der Waals surface area contributed by atoms with E-state index in [1.54, 1.807) is 6.07 Å². The van der Waals surface area contributed by atoms with Gasteiger partial charge in [-0.05, 0) is 17.6 Å². The van der Waals surface area contributed by atoms with Crippen molar-refractivity contribution < 1.29 is 9.90 Å². The molecule has 2 rings (SSSR count). The first-order valence-corrected chi connectivity index (χ1v) is 4.14. The second-order valence-corrected chi connectivity index (χ2v) is 3.14. The summed E-state index contributed by atoms with van der Waals surface area (Å²) in [5.74, 6) is -0.965. The van der Waals surface area contributed by atoms with Gasteiger partial charge >= 0.3 is 5.97 Å². The van der Waals surface area contributed by atoms with Gasteiger partial charge in [0.2, 0.25) is 0 Å². The van der Waals surface area contributed by atoms with E-state index in [1.165, 1.54) is 11.5 Å². The van der Waals surface area contributed by atoms with Gasteiger partial charge in [-0.15, -0.1) is 0 Å². The monoisotopic (exact) mass is 179 g/mol. The fraction of sp³-hybridized carbons (Fsp3) is 0. The SMILES string of the molecule is O=C(O)c1nsc2ccccc12.